The van der Waals surface area contributed by atoms with Crippen molar-refractivity contribution in [1.29, 1.82) is 0 Å². The lowest BCUT2D eigenvalue weighted by molar-refractivity contribution is 0.0998. The first-order valence-electron chi connectivity index (χ1n) is 7.50. The van der Waals surface area contributed by atoms with Crippen LogP contribution < -0.4 is 0 Å². The van der Waals surface area contributed by atoms with Crippen molar-refractivity contribution in [1.82, 2.24) is 4.98 Å². The van der Waals surface area contributed by atoms with Gasteiger partial charge < -0.3 is 5.11 Å². The Morgan fingerprint density at radius 3 is 2.80 bits per heavy atom. The number of rotatable bonds is 3. The van der Waals surface area contributed by atoms with Crippen LogP contribution in [0.15, 0.2) is 48.7 Å². The van der Waals surface area contributed by atoms with E-state index in [1.165, 1.54) is 12.0 Å². The summed E-state index contributed by atoms with van der Waals surface area (Å²) < 4.78 is 0. The molecule has 2 nitrogen and oxygen atoms in total. The molecule has 0 aliphatic heterocycles. The molecule has 0 saturated carbocycles. The Bertz CT molecular complexity index is 552. The van der Waals surface area contributed by atoms with Gasteiger partial charge in [0, 0.05) is 11.9 Å². The van der Waals surface area contributed by atoms with Gasteiger partial charge in [0.05, 0.1) is 6.10 Å². The second-order valence-corrected chi connectivity index (χ2v) is 5.66. The quantitative estimate of drug-likeness (QED) is 0.860. The molecule has 1 aromatic heterocycles. The Morgan fingerprint density at radius 1 is 1.10 bits per heavy atom. The van der Waals surface area contributed by atoms with Gasteiger partial charge in [-0.25, -0.2) is 0 Å². The maximum atomic E-state index is 10.7. The van der Waals surface area contributed by atoms with Crippen molar-refractivity contribution in [3.8, 4) is 0 Å². The number of aliphatic hydroxyl groups is 1. The lowest BCUT2D eigenvalue weighted by Crippen LogP contribution is -2.13. The molecule has 1 heterocycles. The van der Waals surface area contributed by atoms with E-state index in [1.807, 2.05) is 24.4 Å². The largest absolute Gasteiger partial charge is 0.388 e. The van der Waals surface area contributed by atoms with Crippen molar-refractivity contribution in [2.24, 2.45) is 5.92 Å². The minimum absolute atomic E-state index is 0.322. The van der Waals surface area contributed by atoms with Crippen LogP contribution in [-0.2, 0) is 12.8 Å². The predicted octanol–water partition coefficient (Wildman–Crippen LogP) is 3.70. The highest BCUT2D eigenvalue weighted by molar-refractivity contribution is 5.30. The van der Waals surface area contributed by atoms with Crippen LogP contribution in [0.25, 0.3) is 0 Å². The Balaban J connectivity index is 1.71. The smallest absolute Gasteiger partial charge is 0.0820 e. The van der Waals surface area contributed by atoms with E-state index in [0.717, 1.165) is 36.9 Å². The first kappa shape index (κ1) is 13.3. The summed E-state index contributed by atoms with van der Waals surface area (Å²) >= 11 is 0. The maximum Gasteiger partial charge on any atom is 0.0820 e. The molecule has 104 valence electrons. The molecule has 0 spiro atoms. The van der Waals surface area contributed by atoms with Gasteiger partial charge in [-0.1, -0.05) is 30.3 Å². The summed E-state index contributed by atoms with van der Waals surface area (Å²) in [5.41, 5.74) is 3.58. The van der Waals surface area contributed by atoms with Crippen molar-refractivity contribution in [3.05, 3.63) is 65.5 Å². The summed E-state index contributed by atoms with van der Waals surface area (Å²) in [4.78, 5) is 4.37. The van der Waals surface area contributed by atoms with E-state index in [0.29, 0.717) is 5.92 Å². The lowest BCUT2D eigenvalue weighted by atomic mass is 9.89. The summed E-state index contributed by atoms with van der Waals surface area (Å²) in [5, 5.41) is 10.7. The van der Waals surface area contributed by atoms with E-state index in [4.69, 9.17) is 0 Å². The fraction of sp³-hybridized carbons (Fsp3) is 0.389. The SMILES string of the molecule is OC1c2ccccc2CCCC1CCc1ccccn1. The molecule has 0 amide bonds. The number of aromatic nitrogens is 1. The maximum absolute atomic E-state index is 10.7. The Morgan fingerprint density at radius 2 is 1.95 bits per heavy atom. The van der Waals surface area contributed by atoms with Crippen LogP contribution >= 0.6 is 0 Å². The zero-order valence-electron chi connectivity index (χ0n) is 11.7. The number of hydrogen-bond acceptors (Lipinski definition) is 2. The van der Waals surface area contributed by atoms with Gasteiger partial charge in [-0.05, 0) is 61.3 Å². The van der Waals surface area contributed by atoms with Gasteiger partial charge in [0.1, 0.15) is 0 Å². The lowest BCUT2D eigenvalue weighted by Gasteiger charge is -2.21. The van der Waals surface area contributed by atoms with Crippen LogP contribution in [0.5, 0.6) is 0 Å². The van der Waals surface area contributed by atoms with E-state index >= 15 is 0 Å². The first-order chi connectivity index (χ1) is 9.84. The number of fused-ring (bicyclic) bond motifs is 1. The van der Waals surface area contributed by atoms with Gasteiger partial charge >= 0.3 is 0 Å². The monoisotopic (exact) mass is 267 g/mol. The van der Waals surface area contributed by atoms with Gasteiger partial charge in [0.15, 0.2) is 0 Å². The van der Waals surface area contributed by atoms with Crippen LogP contribution in [0.3, 0.4) is 0 Å². The third kappa shape index (κ3) is 2.91. The highest BCUT2D eigenvalue weighted by atomic mass is 16.3. The molecule has 20 heavy (non-hydrogen) atoms. The molecule has 0 radical (unpaired) electrons. The number of hydrogen-bond donors (Lipinski definition) is 1. The van der Waals surface area contributed by atoms with Crippen LogP contribution in [0, 0.1) is 5.92 Å². The second kappa shape index (κ2) is 6.19. The van der Waals surface area contributed by atoms with E-state index in [1.54, 1.807) is 0 Å². The molecule has 2 heteroatoms. The summed E-state index contributed by atoms with van der Waals surface area (Å²) in [5.74, 6) is 0.348. The molecule has 2 aromatic rings. The molecular weight excluding hydrogens is 246 g/mol. The average molecular weight is 267 g/mol. The van der Waals surface area contributed by atoms with Crippen molar-refractivity contribution >= 4 is 0 Å². The highest BCUT2D eigenvalue weighted by Gasteiger charge is 2.25. The molecule has 1 aromatic carbocycles. The highest BCUT2D eigenvalue weighted by Crippen LogP contribution is 2.35. The van der Waals surface area contributed by atoms with Gasteiger partial charge in [-0.15, -0.1) is 0 Å². The van der Waals surface area contributed by atoms with Gasteiger partial charge in [0.25, 0.3) is 0 Å². The standard InChI is InChI=1S/C18H21NO/c20-18-15(11-12-16-9-3-4-13-19-16)8-5-7-14-6-1-2-10-17(14)18/h1-4,6,9-10,13,15,18,20H,5,7-8,11-12H2. The predicted molar refractivity (Wildman–Crippen MR) is 80.4 cm³/mol. The Labute approximate surface area is 120 Å². The molecule has 0 fully saturated rings. The minimum Gasteiger partial charge on any atom is -0.388 e. The molecular formula is C18H21NO. The van der Waals surface area contributed by atoms with E-state index in [-0.39, 0.29) is 6.10 Å². The number of nitrogens with zero attached hydrogens (tertiary/aromatic N) is 1. The topological polar surface area (TPSA) is 33.1 Å². The van der Waals surface area contributed by atoms with Crippen molar-refractivity contribution in [2.75, 3.05) is 0 Å². The molecule has 0 bridgehead atoms. The fourth-order valence-corrected chi connectivity index (χ4v) is 3.20. The zero-order chi connectivity index (χ0) is 13.8. The van der Waals surface area contributed by atoms with Crippen molar-refractivity contribution in [3.63, 3.8) is 0 Å². The molecule has 1 aliphatic rings. The molecule has 2 unspecified atom stereocenters. The van der Waals surface area contributed by atoms with Gasteiger partial charge in [-0.3, -0.25) is 4.98 Å². The van der Waals surface area contributed by atoms with Crippen LogP contribution in [0.2, 0.25) is 0 Å². The van der Waals surface area contributed by atoms with E-state index in [9.17, 15) is 5.11 Å². The summed E-state index contributed by atoms with van der Waals surface area (Å²) in [7, 11) is 0. The van der Waals surface area contributed by atoms with Crippen LogP contribution in [0.4, 0.5) is 0 Å². The van der Waals surface area contributed by atoms with Crippen molar-refractivity contribution in [2.45, 2.75) is 38.2 Å². The Hall–Kier alpha value is -1.67. The number of pyridine rings is 1. The average Bonchev–Trinajstić information content (AvgIpc) is 2.66. The molecule has 1 aliphatic carbocycles. The fourth-order valence-electron chi connectivity index (χ4n) is 3.20. The molecule has 3 rings (SSSR count). The van der Waals surface area contributed by atoms with Gasteiger partial charge in [-0.2, -0.15) is 0 Å². The summed E-state index contributed by atoms with van der Waals surface area (Å²) in [6.07, 6.45) is 6.83. The second-order valence-electron chi connectivity index (χ2n) is 5.66. The molecule has 0 saturated heterocycles. The Kier molecular flexibility index (Phi) is 4.12. The van der Waals surface area contributed by atoms with E-state index in [2.05, 4.69) is 29.2 Å². The van der Waals surface area contributed by atoms with Crippen LogP contribution in [0.1, 0.15) is 42.2 Å². The van der Waals surface area contributed by atoms with E-state index < -0.39 is 0 Å². The third-order valence-electron chi connectivity index (χ3n) is 4.34. The minimum atomic E-state index is -0.322. The number of aliphatic hydroxyl groups excluding tert-OH is 1. The number of benzene rings is 1. The molecule has 1 N–H and O–H groups in total. The normalized spacial score (nSPS) is 22.1. The first-order valence-corrected chi connectivity index (χ1v) is 7.50. The van der Waals surface area contributed by atoms with Crippen LogP contribution in [-0.4, -0.2) is 10.1 Å². The zero-order valence-corrected chi connectivity index (χ0v) is 11.7. The third-order valence-corrected chi connectivity index (χ3v) is 4.34. The molecule has 2 atom stereocenters. The van der Waals surface area contributed by atoms with Gasteiger partial charge in [0.2, 0.25) is 0 Å². The van der Waals surface area contributed by atoms with Crippen molar-refractivity contribution < 1.29 is 5.11 Å². The summed E-state index contributed by atoms with van der Waals surface area (Å²) in [6, 6.07) is 14.4. The summed E-state index contributed by atoms with van der Waals surface area (Å²) in [6.45, 7) is 0. The number of aryl methyl sites for hydroxylation is 2.